The Hall–Kier alpha value is -0.835. The number of aryl methyl sites for hydroxylation is 2. The molecule has 0 aromatic carbocycles. The summed E-state index contributed by atoms with van der Waals surface area (Å²) in [6.45, 7) is 1.64. The van der Waals surface area contributed by atoms with E-state index in [1.165, 1.54) is 14.1 Å². The summed E-state index contributed by atoms with van der Waals surface area (Å²) in [5.41, 5.74) is 2.16. The van der Waals surface area contributed by atoms with Crippen LogP contribution in [0.2, 0.25) is 0 Å². The van der Waals surface area contributed by atoms with E-state index >= 15 is 0 Å². The Bertz CT molecular complexity index is 345. The van der Waals surface area contributed by atoms with Gasteiger partial charge in [0.25, 0.3) is 0 Å². The third kappa shape index (κ3) is 1.56. The Balaban J connectivity index is 3.31. The molecule has 1 heterocycles. The number of aromatic nitrogens is 1. The third-order valence-corrected chi connectivity index (χ3v) is 2.67. The molecule has 0 radical (unpaired) electrons. The monoisotopic (exact) mass is 201 g/mol. The molecule has 0 saturated heterocycles. The minimum Gasteiger partial charge on any atom is -0.454 e. The van der Waals surface area contributed by atoms with Crippen molar-refractivity contribution in [3.8, 4) is 0 Å². The molecule has 0 atom stereocenters. The minimum atomic E-state index is -3.64. The van der Waals surface area contributed by atoms with Crippen LogP contribution in [-0.2, 0) is 0 Å². The van der Waals surface area contributed by atoms with E-state index in [1.807, 2.05) is 6.92 Å². The van der Waals surface area contributed by atoms with E-state index in [1.54, 1.807) is 19.9 Å². The number of hydrogen-bond donors (Lipinski definition) is 0. The molecule has 0 bridgehead atoms. The van der Waals surface area contributed by atoms with Crippen molar-refractivity contribution in [1.29, 1.82) is 0 Å². The van der Waals surface area contributed by atoms with Gasteiger partial charge in [0.1, 0.15) is 0 Å². The van der Waals surface area contributed by atoms with Gasteiger partial charge in [0.15, 0.2) is 0 Å². The summed E-state index contributed by atoms with van der Waals surface area (Å²) in [7, 11) is 2.79. The predicted octanol–water partition coefficient (Wildman–Crippen LogP) is 2.20. The summed E-state index contributed by atoms with van der Waals surface area (Å²) < 4.78 is 28.7. The lowest BCUT2D eigenvalue weighted by Gasteiger charge is -2.36. The third-order valence-electron chi connectivity index (χ3n) is 2.67. The second-order valence-corrected chi connectivity index (χ2v) is 3.98. The van der Waals surface area contributed by atoms with Crippen LogP contribution in [0.4, 0.5) is 8.63 Å². The van der Waals surface area contributed by atoms with Crippen LogP contribution in [0.1, 0.15) is 17.0 Å². The van der Waals surface area contributed by atoms with Crippen molar-refractivity contribution in [2.75, 3.05) is 14.1 Å². The minimum absolute atomic E-state index is 0.610. The molecule has 2 nitrogen and oxygen atoms in total. The average Bonchev–Trinajstić information content (AvgIpc) is 2.26. The predicted molar refractivity (Wildman–Crippen MR) is 55.7 cm³/mol. The zero-order chi connectivity index (χ0) is 11.1. The SMILES string of the molecule is Cc1cc(C)n([B-](F)(F)N(C)C)c1C. The Morgan fingerprint density at radius 1 is 1.21 bits per heavy atom. The Morgan fingerprint density at radius 2 is 1.71 bits per heavy atom. The summed E-state index contributed by atoms with van der Waals surface area (Å²) in [5, 5.41) is 0. The standard InChI is InChI=1S/C9H16BF2N2/c1-7-6-8(2)14(9(7)3)10(11,12)13(4)5/h6H,1-5H3/q-1. The number of hydrogen-bond acceptors (Lipinski definition) is 1. The van der Waals surface area contributed by atoms with Crippen LogP contribution in [0.25, 0.3) is 0 Å². The summed E-state index contributed by atoms with van der Waals surface area (Å²) in [4.78, 5) is 0.972. The van der Waals surface area contributed by atoms with Crippen LogP contribution in [-0.4, -0.2) is 30.4 Å². The average molecular weight is 201 g/mol. The van der Waals surface area contributed by atoms with Crippen molar-refractivity contribution < 1.29 is 8.63 Å². The topological polar surface area (TPSA) is 8.17 Å². The normalized spacial score (nSPS) is 12.6. The zero-order valence-electron chi connectivity index (χ0n) is 9.31. The highest BCUT2D eigenvalue weighted by molar-refractivity contribution is 6.61. The van der Waals surface area contributed by atoms with Crippen molar-refractivity contribution in [1.82, 2.24) is 9.29 Å². The van der Waals surface area contributed by atoms with Crippen LogP contribution in [0, 0.1) is 20.8 Å². The maximum absolute atomic E-state index is 13.8. The Morgan fingerprint density at radius 3 is 2.00 bits per heavy atom. The number of nitrogens with zero attached hydrogens (tertiary/aromatic N) is 2. The van der Waals surface area contributed by atoms with E-state index in [2.05, 4.69) is 0 Å². The quantitative estimate of drug-likeness (QED) is 0.666. The molecule has 1 aromatic heterocycles. The summed E-state index contributed by atoms with van der Waals surface area (Å²) in [6, 6.07) is 1.79. The molecule has 0 spiro atoms. The van der Waals surface area contributed by atoms with E-state index in [9.17, 15) is 8.63 Å². The molecule has 0 aliphatic heterocycles. The maximum Gasteiger partial charge on any atom is 0.498 e. The van der Waals surface area contributed by atoms with Gasteiger partial charge in [-0.2, -0.15) is 0 Å². The van der Waals surface area contributed by atoms with E-state index < -0.39 is 6.97 Å². The fourth-order valence-electron chi connectivity index (χ4n) is 1.65. The van der Waals surface area contributed by atoms with Crippen LogP contribution >= 0.6 is 0 Å². The molecule has 0 saturated carbocycles. The molecule has 0 aliphatic carbocycles. The molecule has 14 heavy (non-hydrogen) atoms. The van der Waals surface area contributed by atoms with Gasteiger partial charge in [-0.1, -0.05) is 0 Å². The van der Waals surface area contributed by atoms with Gasteiger partial charge in [-0.05, 0) is 57.9 Å². The summed E-state index contributed by atoms with van der Waals surface area (Å²) in [5.74, 6) is 0. The Kier molecular flexibility index (Phi) is 2.72. The fourth-order valence-corrected chi connectivity index (χ4v) is 1.65. The van der Waals surface area contributed by atoms with Crippen molar-refractivity contribution in [2.24, 2.45) is 0 Å². The van der Waals surface area contributed by atoms with Gasteiger partial charge >= 0.3 is 6.97 Å². The van der Waals surface area contributed by atoms with Crippen molar-refractivity contribution in [2.45, 2.75) is 20.8 Å². The van der Waals surface area contributed by atoms with Gasteiger partial charge in [0.05, 0.1) is 0 Å². The lowest BCUT2D eigenvalue weighted by Crippen LogP contribution is -2.49. The maximum atomic E-state index is 13.8. The molecule has 0 aliphatic rings. The molecule has 0 amide bonds. The second-order valence-electron chi connectivity index (χ2n) is 3.98. The van der Waals surface area contributed by atoms with Crippen molar-refractivity contribution in [3.63, 3.8) is 0 Å². The molecule has 0 N–H and O–H groups in total. The van der Waals surface area contributed by atoms with Gasteiger partial charge < -0.3 is 17.9 Å². The molecular formula is C9H16BF2N2-. The van der Waals surface area contributed by atoms with Gasteiger partial charge in [-0.3, -0.25) is 0 Å². The van der Waals surface area contributed by atoms with Crippen LogP contribution in [0.3, 0.4) is 0 Å². The van der Waals surface area contributed by atoms with Crippen LogP contribution in [0.5, 0.6) is 0 Å². The molecule has 80 valence electrons. The second kappa shape index (κ2) is 3.39. The lowest BCUT2D eigenvalue weighted by molar-refractivity contribution is 0.405. The Labute approximate surface area is 83.6 Å². The van der Waals surface area contributed by atoms with Gasteiger partial charge in [0, 0.05) is 0 Å². The van der Waals surface area contributed by atoms with Gasteiger partial charge in [-0.15, -0.1) is 0 Å². The van der Waals surface area contributed by atoms with Gasteiger partial charge in [-0.25, -0.2) is 0 Å². The molecular weight excluding hydrogens is 185 g/mol. The summed E-state index contributed by atoms with van der Waals surface area (Å²) in [6.07, 6.45) is 0. The smallest absolute Gasteiger partial charge is 0.454 e. The van der Waals surface area contributed by atoms with Crippen molar-refractivity contribution >= 4 is 6.97 Å². The van der Waals surface area contributed by atoms with E-state index in [-0.39, 0.29) is 0 Å². The fraction of sp³-hybridized carbons (Fsp3) is 0.556. The van der Waals surface area contributed by atoms with E-state index in [0.29, 0.717) is 11.4 Å². The summed E-state index contributed by atoms with van der Waals surface area (Å²) >= 11 is 0. The van der Waals surface area contributed by atoms with E-state index in [0.717, 1.165) is 14.9 Å². The lowest BCUT2D eigenvalue weighted by atomic mass is 9.94. The molecule has 5 heteroatoms. The van der Waals surface area contributed by atoms with Gasteiger partial charge in [0.2, 0.25) is 0 Å². The first-order valence-corrected chi connectivity index (χ1v) is 4.62. The first-order chi connectivity index (χ1) is 6.28. The molecule has 0 fully saturated rings. The van der Waals surface area contributed by atoms with E-state index in [4.69, 9.17) is 0 Å². The molecule has 1 rings (SSSR count). The van der Waals surface area contributed by atoms with Crippen LogP contribution in [0.15, 0.2) is 6.07 Å². The number of halogens is 2. The molecule has 1 aromatic rings. The van der Waals surface area contributed by atoms with Crippen molar-refractivity contribution in [3.05, 3.63) is 23.0 Å². The molecule has 0 unspecified atom stereocenters. The zero-order valence-corrected chi connectivity index (χ0v) is 9.31. The highest BCUT2D eigenvalue weighted by Gasteiger charge is 2.32. The first-order valence-electron chi connectivity index (χ1n) is 4.62. The largest absolute Gasteiger partial charge is 0.498 e. The highest BCUT2D eigenvalue weighted by Crippen LogP contribution is 2.22. The van der Waals surface area contributed by atoms with Crippen LogP contribution < -0.4 is 0 Å². The highest BCUT2D eigenvalue weighted by atomic mass is 19.2. The first kappa shape index (κ1) is 11.2. The number of rotatable bonds is 2.